The van der Waals surface area contributed by atoms with Crippen molar-refractivity contribution in [1.29, 1.82) is 0 Å². The number of carbonyl (C=O) groups excluding carboxylic acids is 1. The molecule has 2 aliphatic rings. The summed E-state index contributed by atoms with van der Waals surface area (Å²) in [4.78, 5) is 29.3. The Hall–Kier alpha value is -3.82. The van der Waals surface area contributed by atoms with Crippen LogP contribution in [0.15, 0.2) is 42.9 Å². The van der Waals surface area contributed by atoms with Gasteiger partial charge in [-0.1, -0.05) is 6.07 Å². The average molecular weight is 484 g/mol. The summed E-state index contributed by atoms with van der Waals surface area (Å²) in [6.07, 6.45) is 6.52. The van der Waals surface area contributed by atoms with E-state index in [1.807, 2.05) is 50.1 Å². The molecular weight excluding hydrogens is 454 g/mol. The van der Waals surface area contributed by atoms with E-state index in [4.69, 9.17) is 14.7 Å². The highest BCUT2D eigenvalue weighted by molar-refractivity contribution is 6.06. The quantitative estimate of drug-likeness (QED) is 0.433. The van der Waals surface area contributed by atoms with Crippen LogP contribution in [0.5, 0.6) is 0 Å². The first-order valence-corrected chi connectivity index (χ1v) is 12.2. The Morgan fingerprint density at radius 3 is 2.92 bits per heavy atom. The lowest BCUT2D eigenvalue weighted by Gasteiger charge is -2.19. The van der Waals surface area contributed by atoms with Crippen molar-refractivity contribution in [2.45, 2.75) is 25.4 Å². The molecule has 4 aromatic heterocycles. The molecule has 1 saturated heterocycles. The molecule has 1 atom stereocenters. The van der Waals surface area contributed by atoms with Crippen molar-refractivity contribution in [3.05, 3.63) is 65.2 Å². The molecule has 1 fully saturated rings. The van der Waals surface area contributed by atoms with Crippen molar-refractivity contribution in [3.63, 3.8) is 0 Å². The lowest BCUT2D eigenvalue weighted by molar-refractivity contribution is 0.0966. The first kappa shape index (κ1) is 22.6. The lowest BCUT2D eigenvalue weighted by atomic mass is 9.96. The van der Waals surface area contributed by atoms with Crippen LogP contribution in [0.25, 0.3) is 22.3 Å². The molecule has 4 aromatic rings. The summed E-state index contributed by atoms with van der Waals surface area (Å²) in [5.74, 6) is 0.954. The second-order valence-electron chi connectivity index (χ2n) is 9.73. The highest BCUT2D eigenvalue weighted by Gasteiger charge is 2.28. The van der Waals surface area contributed by atoms with Crippen molar-refractivity contribution < 1.29 is 9.53 Å². The average Bonchev–Trinajstić information content (AvgIpc) is 3.61. The molecule has 0 spiro atoms. The van der Waals surface area contributed by atoms with Gasteiger partial charge in [0, 0.05) is 61.6 Å². The van der Waals surface area contributed by atoms with Crippen molar-refractivity contribution in [2.75, 3.05) is 32.6 Å². The summed E-state index contributed by atoms with van der Waals surface area (Å²) >= 11 is 0. The SMILES string of the molecule is CN(C)Cc1nc(Nc2cnc(-c3ccnc4c3ccn4C)c3c2C(=O)NC3)ccc1[C@H]1CCOC1. The predicted octanol–water partition coefficient (Wildman–Crippen LogP) is 3.58. The largest absolute Gasteiger partial charge is 0.381 e. The van der Waals surface area contributed by atoms with Gasteiger partial charge in [-0.15, -0.1) is 0 Å². The number of hydrogen-bond donors (Lipinski definition) is 2. The van der Waals surface area contributed by atoms with E-state index in [1.165, 1.54) is 5.56 Å². The van der Waals surface area contributed by atoms with Gasteiger partial charge >= 0.3 is 0 Å². The van der Waals surface area contributed by atoms with E-state index in [9.17, 15) is 4.79 Å². The molecule has 6 heterocycles. The Kier molecular flexibility index (Phi) is 5.66. The van der Waals surface area contributed by atoms with E-state index >= 15 is 0 Å². The van der Waals surface area contributed by atoms with Gasteiger partial charge in [-0.25, -0.2) is 9.97 Å². The molecule has 6 rings (SSSR count). The standard InChI is InChI=1S/C27H29N7O2/c1-33(2)14-22-17(16-8-11-36-15-16)4-5-23(32-22)31-21-13-29-25(20-12-30-27(35)24(20)21)18-6-9-28-26-19(18)7-10-34(26)3/h4-7,9-10,13,16H,8,11-12,14-15H2,1-3H3,(H,30,35)(H,31,32)/t16-/m0/s1. The Bertz CT molecular complexity index is 1470. The maximum Gasteiger partial charge on any atom is 0.254 e. The van der Waals surface area contributed by atoms with E-state index in [1.54, 1.807) is 12.4 Å². The third kappa shape index (κ3) is 3.90. The molecule has 36 heavy (non-hydrogen) atoms. The fourth-order valence-electron chi connectivity index (χ4n) is 5.24. The molecule has 0 saturated carbocycles. The summed E-state index contributed by atoms with van der Waals surface area (Å²) in [5, 5.41) is 7.37. The zero-order valence-corrected chi connectivity index (χ0v) is 20.7. The number of carbonyl (C=O) groups is 1. The number of pyridine rings is 3. The molecule has 9 nitrogen and oxygen atoms in total. The number of aromatic nitrogens is 4. The van der Waals surface area contributed by atoms with Gasteiger partial charge in [0.1, 0.15) is 11.5 Å². The number of amides is 1. The summed E-state index contributed by atoms with van der Waals surface area (Å²) in [7, 11) is 6.05. The minimum Gasteiger partial charge on any atom is -0.381 e. The maximum atomic E-state index is 12.9. The fraction of sp³-hybridized carbons (Fsp3) is 0.333. The van der Waals surface area contributed by atoms with Crippen LogP contribution >= 0.6 is 0 Å². The molecule has 0 radical (unpaired) electrons. The van der Waals surface area contributed by atoms with E-state index in [0.717, 1.165) is 59.7 Å². The number of nitrogens with one attached hydrogen (secondary N) is 2. The van der Waals surface area contributed by atoms with Crippen LogP contribution < -0.4 is 10.6 Å². The van der Waals surface area contributed by atoms with Crippen LogP contribution in [0.3, 0.4) is 0 Å². The second-order valence-corrected chi connectivity index (χ2v) is 9.73. The first-order chi connectivity index (χ1) is 17.5. The fourth-order valence-corrected chi connectivity index (χ4v) is 5.24. The summed E-state index contributed by atoms with van der Waals surface area (Å²) in [5.41, 5.74) is 7.05. The monoisotopic (exact) mass is 483 g/mol. The number of aryl methyl sites for hydroxylation is 1. The van der Waals surface area contributed by atoms with Crippen molar-refractivity contribution >= 4 is 28.4 Å². The number of hydrogen-bond acceptors (Lipinski definition) is 7. The second kappa shape index (κ2) is 9.00. The molecule has 0 unspecified atom stereocenters. The zero-order chi connectivity index (χ0) is 24.8. The Balaban J connectivity index is 1.39. The molecule has 0 aliphatic carbocycles. The Morgan fingerprint density at radius 1 is 1.22 bits per heavy atom. The van der Waals surface area contributed by atoms with Gasteiger partial charge in [0.2, 0.25) is 0 Å². The Labute approximate surface area is 209 Å². The third-order valence-corrected chi connectivity index (χ3v) is 6.96. The zero-order valence-electron chi connectivity index (χ0n) is 20.7. The van der Waals surface area contributed by atoms with Crippen LogP contribution in [0, 0.1) is 0 Å². The number of anilines is 2. The molecule has 2 N–H and O–H groups in total. The van der Waals surface area contributed by atoms with E-state index < -0.39 is 0 Å². The van der Waals surface area contributed by atoms with Gasteiger partial charge in [0.15, 0.2) is 0 Å². The topological polar surface area (TPSA) is 97.2 Å². The molecular formula is C27H29N7O2. The van der Waals surface area contributed by atoms with Gasteiger partial charge < -0.3 is 24.8 Å². The smallest absolute Gasteiger partial charge is 0.254 e. The van der Waals surface area contributed by atoms with E-state index in [2.05, 4.69) is 26.6 Å². The predicted molar refractivity (Wildman–Crippen MR) is 138 cm³/mol. The molecule has 9 heteroatoms. The summed E-state index contributed by atoms with van der Waals surface area (Å²) in [6.45, 7) is 2.69. The molecule has 184 valence electrons. The Morgan fingerprint density at radius 2 is 2.11 bits per heavy atom. The van der Waals surface area contributed by atoms with Gasteiger partial charge in [-0.2, -0.15) is 0 Å². The van der Waals surface area contributed by atoms with Gasteiger partial charge in [-0.3, -0.25) is 9.78 Å². The minimum atomic E-state index is -0.109. The van der Waals surface area contributed by atoms with Crippen molar-refractivity contribution in [3.8, 4) is 11.3 Å². The summed E-state index contributed by atoms with van der Waals surface area (Å²) in [6, 6.07) is 8.12. The highest BCUT2D eigenvalue weighted by Crippen LogP contribution is 2.36. The van der Waals surface area contributed by atoms with E-state index in [-0.39, 0.29) is 5.91 Å². The first-order valence-electron chi connectivity index (χ1n) is 12.2. The van der Waals surface area contributed by atoms with Gasteiger partial charge in [0.05, 0.1) is 35.4 Å². The number of fused-ring (bicyclic) bond motifs is 2. The minimum absolute atomic E-state index is 0.109. The maximum absolute atomic E-state index is 12.9. The van der Waals surface area contributed by atoms with Gasteiger partial charge in [0.25, 0.3) is 5.91 Å². The van der Waals surface area contributed by atoms with Crippen LogP contribution in [0.1, 0.15) is 39.5 Å². The third-order valence-electron chi connectivity index (χ3n) is 6.96. The van der Waals surface area contributed by atoms with Crippen LogP contribution in [-0.2, 0) is 24.9 Å². The normalized spacial score (nSPS) is 17.1. The van der Waals surface area contributed by atoms with Crippen LogP contribution in [0.4, 0.5) is 11.5 Å². The number of nitrogens with zero attached hydrogens (tertiary/aromatic N) is 5. The van der Waals surface area contributed by atoms with E-state index in [0.29, 0.717) is 29.5 Å². The number of rotatable bonds is 6. The van der Waals surface area contributed by atoms with Crippen molar-refractivity contribution in [1.82, 2.24) is 29.7 Å². The molecule has 2 aliphatic heterocycles. The van der Waals surface area contributed by atoms with Crippen LogP contribution in [0.2, 0.25) is 0 Å². The number of ether oxygens (including phenoxy) is 1. The lowest BCUT2D eigenvalue weighted by Crippen LogP contribution is -2.16. The van der Waals surface area contributed by atoms with Crippen molar-refractivity contribution in [2.24, 2.45) is 7.05 Å². The van der Waals surface area contributed by atoms with Gasteiger partial charge in [-0.05, 0) is 44.3 Å². The molecule has 0 aromatic carbocycles. The highest BCUT2D eigenvalue weighted by atomic mass is 16.5. The molecule has 1 amide bonds. The van der Waals surface area contributed by atoms with Crippen LogP contribution in [-0.4, -0.2) is 57.6 Å². The molecule has 0 bridgehead atoms. The summed E-state index contributed by atoms with van der Waals surface area (Å²) < 4.78 is 7.60.